The van der Waals surface area contributed by atoms with Gasteiger partial charge in [0.2, 0.25) is 0 Å². The average Bonchev–Trinajstić information content (AvgIpc) is 2.36. The molecule has 1 aromatic carbocycles. The summed E-state index contributed by atoms with van der Waals surface area (Å²) in [7, 11) is 4.38. The zero-order chi connectivity index (χ0) is 14.5. The zero-order valence-electron chi connectivity index (χ0n) is 12.7. The fourth-order valence-electron chi connectivity index (χ4n) is 2.41. The van der Waals surface area contributed by atoms with Crippen molar-refractivity contribution in [1.82, 2.24) is 0 Å². The van der Waals surface area contributed by atoms with Crippen molar-refractivity contribution in [3.63, 3.8) is 0 Å². The van der Waals surface area contributed by atoms with Gasteiger partial charge in [-0.25, -0.2) is 0 Å². The minimum atomic E-state index is -0.225. The number of ether oxygens (including phenoxy) is 1. The number of likely N-dealkylation sites (N-methyl/N-ethyl adjacent to an activating group) is 1. The van der Waals surface area contributed by atoms with E-state index in [4.69, 9.17) is 4.74 Å². The summed E-state index contributed by atoms with van der Waals surface area (Å²) in [6, 6.07) is 10.2. The lowest BCUT2D eigenvalue weighted by atomic mass is 10.0. The monoisotopic (exact) mass is 264 g/mol. The van der Waals surface area contributed by atoms with Gasteiger partial charge in [0.05, 0.1) is 20.6 Å². The van der Waals surface area contributed by atoms with Crippen molar-refractivity contribution in [2.24, 2.45) is 0 Å². The highest BCUT2D eigenvalue weighted by atomic mass is 16.5. The van der Waals surface area contributed by atoms with E-state index in [1.807, 2.05) is 30.3 Å². The van der Waals surface area contributed by atoms with Crippen LogP contribution in [0.5, 0.6) is 0 Å². The Morgan fingerprint density at radius 3 is 2.32 bits per heavy atom. The lowest BCUT2D eigenvalue weighted by Gasteiger charge is -2.39. The SMILES string of the molecule is CCC[N+](C)(C)[C@H](C)[C@H](OC(C)=O)c1ccccc1. The normalized spacial score (nSPS) is 14.8. The number of carbonyl (C=O) groups excluding carboxylic acids is 1. The molecular weight excluding hydrogens is 238 g/mol. The lowest BCUT2D eigenvalue weighted by molar-refractivity contribution is -0.917. The van der Waals surface area contributed by atoms with Crippen LogP contribution in [0.2, 0.25) is 0 Å². The first kappa shape index (κ1) is 15.7. The highest BCUT2D eigenvalue weighted by Crippen LogP contribution is 2.27. The van der Waals surface area contributed by atoms with E-state index in [2.05, 4.69) is 27.9 Å². The van der Waals surface area contributed by atoms with Crippen molar-refractivity contribution in [3.05, 3.63) is 35.9 Å². The third kappa shape index (κ3) is 4.35. The largest absolute Gasteiger partial charge is 0.451 e. The van der Waals surface area contributed by atoms with Crippen LogP contribution in [0.25, 0.3) is 0 Å². The first-order chi connectivity index (χ1) is 8.88. The Bertz CT molecular complexity index is 400. The molecule has 1 rings (SSSR count). The maximum Gasteiger partial charge on any atom is 0.303 e. The molecule has 106 valence electrons. The molecule has 19 heavy (non-hydrogen) atoms. The Labute approximate surface area is 116 Å². The number of quaternary nitrogens is 1. The van der Waals surface area contributed by atoms with Gasteiger partial charge in [-0.2, -0.15) is 0 Å². The van der Waals surface area contributed by atoms with E-state index in [0.29, 0.717) is 0 Å². The van der Waals surface area contributed by atoms with Crippen LogP contribution < -0.4 is 0 Å². The van der Waals surface area contributed by atoms with Gasteiger partial charge in [-0.1, -0.05) is 37.3 Å². The van der Waals surface area contributed by atoms with E-state index in [1.54, 1.807) is 0 Å². The van der Waals surface area contributed by atoms with Crippen molar-refractivity contribution < 1.29 is 14.0 Å². The molecule has 0 radical (unpaired) electrons. The van der Waals surface area contributed by atoms with Crippen LogP contribution in [-0.4, -0.2) is 37.1 Å². The van der Waals surface area contributed by atoms with E-state index in [9.17, 15) is 4.79 Å². The standard InChI is InChI=1S/C16H26NO2/c1-6-12-17(4,5)13(2)16(19-14(3)18)15-10-8-7-9-11-15/h7-11,13,16H,6,12H2,1-5H3/q+1/t13-,16+/m1/s1. The molecule has 0 bridgehead atoms. The number of esters is 1. The van der Waals surface area contributed by atoms with E-state index >= 15 is 0 Å². The van der Waals surface area contributed by atoms with Gasteiger partial charge in [0.25, 0.3) is 0 Å². The Morgan fingerprint density at radius 2 is 1.84 bits per heavy atom. The zero-order valence-corrected chi connectivity index (χ0v) is 12.7. The van der Waals surface area contributed by atoms with Crippen LogP contribution in [0.1, 0.15) is 38.9 Å². The van der Waals surface area contributed by atoms with Crippen LogP contribution >= 0.6 is 0 Å². The fourth-order valence-corrected chi connectivity index (χ4v) is 2.41. The first-order valence-corrected chi connectivity index (χ1v) is 6.93. The third-order valence-corrected chi connectivity index (χ3v) is 3.76. The predicted octanol–water partition coefficient (Wildman–Crippen LogP) is 3.17. The molecule has 2 atom stereocenters. The molecule has 0 fully saturated rings. The molecule has 0 aliphatic rings. The second kappa shape index (κ2) is 6.71. The summed E-state index contributed by atoms with van der Waals surface area (Å²) in [6.45, 7) is 6.86. The Hall–Kier alpha value is -1.35. The number of benzene rings is 1. The van der Waals surface area contributed by atoms with Gasteiger partial charge < -0.3 is 9.22 Å². The van der Waals surface area contributed by atoms with Crippen molar-refractivity contribution in [2.45, 2.75) is 39.3 Å². The summed E-state index contributed by atoms with van der Waals surface area (Å²) in [5, 5.41) is 0. The number of rotatable bonds is 6. The van der Waals surface area contributed by atoms with Crippen LogP contribution in [0.15, 0.2) is 30.3 Å². The van der Waals surface area contributed by atoms with E-state index in [-0.39, 0.29) is 18.1 Å². The minimum absolute atomic E-state index is 0.194. The molecular formula is C16H26NO2+. The topological polar surface area (TPSA) is 26.3 Å². The molecule has 0 spiro atoms. The number of carbonyl (C=O) groups is 1. The molecule has 0 aliphatic heterocycles. The van der Waals surface area contributed by atoms with Gasteiger partial charge in [-0.3, -0.25) is 4.79 Å². The Balaban J connectivity index is 3.00. The molecule has 0 amide bonds. The molecule has 0 saturated carbocycles. The summed E-state index contributed by atoms with van der Waals surface area (Å²) in [4.78, 5) is 11.4. The van der Waals surface area contributed by atoms with Gasteiger partial charge >= 0.3 is 5.97 Å². The molecule has 0 N–H and O–H groups in total. The molecule has 3 nitrogen and oxygen atoms in total. The first-order valence-electron chi connectivity index (χ1n) is 6.93. The van der Waals surface area contributed by atoms with Crippen LogP contribution in [0, 0.1) is 0 Å². The minimum Gasteiger partial charge on any atom is -0.451 e. The van der Waals surface area contributed by atoms with Crippen LogP contribution in [0.4, 0.5) is 0 Å². The van der Waals surface area contributed by atoms with E-state index < -0.39 is 0 Å². The molecule has 0 unspecified atom stereocenters. The smallest absolute Gasteiger partial charge is 0.303 e. The lowest BCUT2D eigenvalue weighted by Crippen LogP contribution is -2.51. The summed E-state index contributed by atoms with van der Waals surface area (Å²) in [5.74, 6) is -0.225. The molecule has 0 heterocycles. The van der Waals surface area contributed by atoms with Gasteiger partial charge in [-0.05, 0) is 18.9 Å². The van der Waals surface area contributed by atoms with E-state index in [0.717, 1.165) is 23.0 Å². The highest BCUT2D eigenvalue weighted by Gasteiger charge is 2.34. The Morgan fingerprint density at radius 1 is 1.26 bits per heavy atom. The van der Waals surface area contributed by atoms with E-state index in [1.165, 1.54) is 6.92 Å². The summed E-state index contributed by atoms with van der Waals surface area (Å²) in [6.07, 6.45) is 0.916. The van der Waals surface area contributed by atoms with Gasteiger partial charge in [0.1, 0.15) is 6.04 Å². The second-order valence-electron chi connectivity index (χ2n) is 5.68. The van der Waals surface area contributed by atoms with Gasteiger partial charge in [-0.15, -0.1) is 0 Å². The quantitative estimate of drug-likeness (QED) is 0.583. The number of hydrogen-bond donors (Lipinski definition) is 0. The summed E-state index contributed by atoms with van der Waals surface area (Å²) in [5.41, 5.74) is 1.06. The van der Waals surface area contributed by atoms with Gasteiger partial charge in [0.15, 0.2) is 6.10 Å². The van der Waals surface area contributed by atoms with Crippen molar-refractivity contribution in [2.75, 3.05) is 20.6 Å². The summed E-state index contributed by atoms with van der Waals surface area (Å²) < 4.78 is 6.41. The van der Waals surface area contributed by atoms with Crippen LogP contribution in [-0.2, 0) is 9.53 Å². The maximum absolute atomic E-state index is 11.4. The fraction of sp³-hybridized carbons (Fsp3) is 0.562. The van der Waals surface area contributed by atoms with Gasteiger partial charge in [0, 0.05) is 6.92 Å². The van der Waals surface area contributed by atoms with Crippen molar-refractivity contribution >= 4 is 5.97 Å². The third-order valence-electron chi connectivity index (χ3n) is 3.76. The predicted molar refractivity (Wildman–Crippen MR) is 77.7 cm³/mol. The number of hydrogen-bond acceptors (Lipinski definition) is 2. The Kier molecular flexibility index (Phi) is 5.55. The summed E-state index contributed by atoms with van der Waals surface area (Å²) >= 11 is 0. The molecule has 3 heteroatoms. The molecule has 0 aliphatic carbocycles. The number of nitrogens with zero attached hydrogens (tertiary/aromatic N) is 1. The highest BCUT2D eigenvalue weighted by molar-refractivity contribution is 5.66. The van der Waals surface area contributed by atoms with Crippen molar-refractivity contribution in [1.29, 1.82) is 0 Å². The molecule has 1 aromatic rings. The molecule has 0 saturated heterocycles. The van der Waals surface area contributed by atoms with Crippen LogP contribution in [0.3, 0.4) is 0 Å². The molecule has 0 aromatic heterocycles. The maximum atomic E-state index is 11.4. The second-order valence-corrected chi connectivity index (χ2v) is 5.68. The van der Waals surface area contributed by atoms with Crippen molar-refractivity contribution in [3.8, 4) is 0 Å². The average molecular weight is 264 g/mol.